The van der Waals surface area contributed by atoms with Crippen LogP contribution in [0.25, 0.3) is 10.9 Å². The van der Waals surface area contributed by atoms with Gasteiger partial charge in [-0.2, -0.15) is 0 Å². The molecule has 2 rings (SSSR count). The lowest BCUT2D eigenvalue weighted by molar-refractivity contribution is 1.06. The first-order chi connectivity index (χ1) is 8.10. The lowest BCUT2D eigenvalue weighted by atomic mass is 9.99. The molecule has 0 atom stereocenters. The van der Waals surface area contributed by atoms with Gasteiger partial charge >= 0.3 is 0 Å². The van der Waals surface area contributed by atoms with E-state index in [0.29, 0.717) is 0 Å². The van der Waals surface area contributed by atoms with Crippen molar-refractivity contribution in [2.24, 2.45) is 0 Å². The van der Waals surface area contributed by atoms with E-state index < -0.39 is 0 Å². The van der Waals surface area contributed by atoms with Gasteiger partial charge in [0.05, 0.1) is 5.52 Å². The SMILES string of the molecule is CCc1c(C)nc2c(C)c(C)ccc2c1NC. The molecule has 1 N–H and O–H groups in total. The molecule has 1 aromatic carbocycles. The number of pyridine rings is 1. The molecule has 17 heavy (non-hydrogen) atoms. The zero-order valence-electron chi connectivity index (χ0n) is 11.3. The molecule has 90 valence electrons. The van der Waals surface area contributed by atoms with Crippen LogP contribution in [0.15, 0.2) is 12.1 Å². The molecule has 0 fully saturated rings. The summed E-state index contributed by atoms with van der Waals surface area (Å²) < 4.78 is 0. The minimum Gasteiger partial charge on any atom is -0.387 e. The summed E-state index contributed by atoms with van der Waals surface area (Å²) in [5.74, 6) is 0. The van der Waals surface area contributed by atoms with Crippen molar-refractivity contribution < 1.29 is 0 Å². The normalized spacial score (nSPS) is 10.9. The van der Waals surface area contributed by atoms with Gasteiger partial charge in [-0.25, -0.2) is 0 Å². The van der Waals surface area contributed by atoms with Crippen molar-refractivity contribution >= 4 is 16.6 Å². The Balaban J connectivity index is 2.92. The summed E-state index contributed by atoms with van der Waals surface area (Å²) in [6.45, 7) is 8.56. The van der Waals surface area contributed by atoms with Gasteiger partial charge in [0.2, 0.25) is 0 Å². The van der Waals surface area contributed by atoms with Crippen LogP contribution in [-0.2, 0) is 6.42 Å². The number of nitrogens with zero attached hydrogens (tertiary/aromatic N) is 1. The monoisotopic (exact) mass is 228 g/mol. The second kappa shape index (κ2) is 4.36. The van der Waals surface area contributed by atoms with Gasteiger partial charge in [0.1, 0.15) is 0 Å². The van der Waals surface area contributed by atoms with Crippen molar-refractivity contribution in [2.75, 3.05) is 12.4 Å². The first-order valence-corrected chi connectivity index (χ1v) is 6.17. The van der Waals surface area contributed by atoms with E-state index in [0.717, 1.165) is 17.6 Å². The molecule has 0 saturated heterocycles. The molecule has 0 amide bonds. The molecule has 2 aromatic rings. The topological polar surface area (TPSA) is 24.9 Å². The van der Waals surface area contributed by atoms with Crippen LogP contribution in [0.4, 0.5) is 5.69 Å². The molecule has 0 unspecified atom stereocenters. The number of benzene rings is 1. The fourth-order valence-electron chi connectivity index (χ4n) is 2.44. The molecule has 0 saturated carbocycles. The minimum absolute atomic E-state index is 1.01. The predicted molar refractivity (Wildman–Crippen MR) is 74.9 cm³/mol. The van der Waals surface area contributed by atoms with Crippen LogP contribution >= 0.6 is 0 Å². The summed E-state index contributed by atoms with van der Waals surface area (Å²) in [7, 11) is 1.99. The molecule has 0 aliphatic rings. The molecule has 0 spiro atoms. The van der Waals surface area contributed by atoms with Gasteiger partial charge in [-0.3, -0.25) is 4.98 Å². The summed E-state index contributed by atoms with van der Waals surface area (Å²) in [4.78, 5) is 4.78. The number of aromatic nitrogens is 1. The smallest absolute Gasteiger partial charge is 0.0757 e. The van der Waals surface area contributed by atoms with Crippen LogP contribution in [0.1, 0.15) is 29.3 Å². The molecule has 0 bridgehead atoms. The Hall–Kier alpha value is -1.57. The molecule has 2 heteroatoms. The van der Waals surface area contributed by atoms with Gasteiger partial charge in [-0.15, -0.1) is 0 Å². The maximum absolute atomic E-state index is 4.78. The third-order valence-corrected chi connectivity index (χ3v) is 3.59. The van der Waals surface area contributed by atoms with Gasteiger partial charge in [0.15, 0.2) is 0 Å². The lowest BCUT2D eigenvalue weighted by Gasteiger charge is -2.15. The molecule has 1 heterocycles. The zero-order valence-corrected chi connectivity index (χ0v) is 11.3. The van der Waals surface area contributed by atoms with Crippen LogP contribution in [0, 0.1) is 20.8 Å². The number of anilines is 1. The molecule has 1 aromatic heterocycles. The Kier molecular flexibility index (Phi) is 3.05. The second-order valence-corrected chi connectivity index (χ2v) is 4.56. The van der Waals surface area contributed by atoms with E-state index in [1.165, 1.54) is 27.8 Å². The van der Waals surface area contributed by atoms with Gasteiger partial charge in [-0.1, -0.05) is 19.1 Å². The predicted octanol–water partition coefficient (Wildman–Crippen LogP) is 3.76. The van der Waals surface area contributed by atoms with Crippen molar-refractivity contribution in [1.29, 1.82) is 0 Å². The number of aryl methyl sites for hydroxylation is 3. The van der Waals surface area contributed by atoms with Gasteiger partial charge in [0, 0.05) is 23.8 Å². The van der Waals surface area contributed by atoms with E-state index in [9.17, 15) is 0 Å². The van der Waals surface area contributed by atoms with Crippen LogP contribution < -0.4 is 5.32 Å². The van der Waals surface area contributed by atoms with Gasteiger partial charge in [-0.05, 0) is 43.9 Å². The summed E-state index contributed by atoms with van der Waals surface area (Å²) in [6, 6.07) is 4.35. The van der Waals surface area contributed by atoms with E-state index in [-0.39, 0.29) is 0 Å². The Morgan fingerprint density at radius 3 is 2.47 bits per heavy atom. The van der Waals surface area contributed by atoms with Crippen molar-refractivity contribution in [1.82, 2.24) is 4.98 Å². The third-order valence-electron chi connectivity index (χ3n) is 3.59. The molecule has 2 nitrogen and oxygen atoms in total. The van der Waals surface area contributed by atoms with E-state index >= 15 is 0 Å². The van der Waals surface area contributed by atoms with Crippen LogP contribution in [0.2, 0.25) is 0 Å². The molecular weight excluding hydrogens is 208 g/mol. The van der Waals surface area contributed by atoms with E-state index in [1.807, 2.05) is 7.05 Å². The maximum atomic E-state index is 4.78. The van der Waals surface area contributed by atoms with E-state index in [4.69, 9.17) is 4.98 Å². The third kappa shape index (κ3) is 1.78. The fourth-order valence-corrected chi connectivity index (χ4v) is 2.44. The Morgan fingerprint density at radius 2 is 1.88 bits per heavy atom. The summed E-state index contributed by atoms with van der Waals surface area (Å²) >= 11 is 0. The summed E-state index contributed by atoms with van der Waals surface area (Å²) in [5.41, 5.74) is 7.41. The van der Waals surface area contributed by atoms with E-state index in [1.54, 1.807) is 0 Å². The standard InChI is InChI=1S/C15H20N2/c1-6-12-11(4)17-14-10(3)9(2)7-8-13(14)15(12)16-5/h7-8H,6H2,1-5H3,(H,16,17). The average Bonchev–Trinajstić information content (AvgIpc) is 2.33. The molecule has 0 aliphatic heterocycles. The number of hydrogen-bond donors (Lipinski definition) is 1. The first-order valence-electron chi connectivity index (χ1n) is 6.17. The lowest BCUT2D eigenvalue weighted by Crippen LogP contribution is -2.02. The fraction of sp³-hybridized carbons (Fsp3) is 0.400. The number of nitrogens with one attached hydrogen (secondary N) is 1. The van der Waals surface area contributed by atoms with Crippen LogP contribution in [-0.4, -0.2) is 12.0 Å². The zero-order chi connectivity index (χ0) is 12.6. The van der Waals surface area contributed by atoms with Crippen LogP contribution in [0.5, 0.6) is 0 Å². The second-order valence-electron chi connectivity index (χ2n) is 4.56. The Morgan fingerprint density at radius 1 is 1.18 bits per heavy atom. The molecule has 0 radical (unpaired) electrons. The molecular formula is C15H20N2. The van der Waals surface area contributed by atoms with E-state index in [2.05, 4.69) is 45.1 Å². The summed E-state index contributed by atoms with van der Waals surface area (Å²) in [6.07, 6.45) is 1.01. The van der Waals surface area contributed by atoms with Crippen molar-refractivity contribution in [3.05, 3.63) is 34.5 Å². The Bertz CT molecular complexity index is 571. The number of hydrogen-bond acceptors (Lipinski definition) is 2. The highest BCUT2D eigenvalue weighted by Crippen LogP contribution is 2.31. The first kappa shape index (κ1) is 11.9. The number of fused-ring (bicyclic) bond motifs is 1. The van der Waals surface area contributed by atoms with Crippen LogP contribution in [0.3, 0.4) is 0 Å². The average molecular weight is 228 g/mol. The van der Waals surface area contributed by atoms with Crippen molar-refractivity contribution in [2.45, 2.75) is 34.1 Å². The highest BCUT2D eigenvalue weighted by atomic mass is 14.8. The maximum Gasteiger partial charge on any atom is 0.0757 e. The quantitative estimate of drug-likeness (QED) is 0.846. The van der Waals surface area contributed by atoms with Crippen molar-refractivity contribution in [3.63, 3.8) is 0 Å². The number of rotatable bonds is 2. The molecule has 0 aliphatic carbocycles. The van der Waals surface area contributed by atoms with Crippen molar-refractivity contribution in [3.8, 4) is 0 Å². The van der Waals surface area contributed by atoms with Gasteiger partial charge < -0.3 is 5.32 Å². The highest BCUT2D eigenvalue weighted by molar-refractivity contribution is 5.95. The largest absolute Gasteiger partial charge is 0.387 e. The minimum atomic E-state index is 1.01. The Labute approximate surface area is 103 Å². The summed E-state index contributed by atoms with van der Waals surface area (Å²) in [5, 5.41) is 4.57. The highest BCUT2D eigenvalue weighted by Gasteiger charge is 2.12. The van der Waals surface area contributed by atoms with Gasteiger partial charge in [0.25, 0.3) is 0 Å².